The molecule has 1 aromatic carbocycles. The van der Waals surface area contributed by atoms with Crippen LogP contribution in [0.4, 0.5) is 5.69 Å². The molecule has 0 aliphatic rings. The first-order valence-corrected chi connectivity index (χ1v) is 6.04. The van der Waals surface area contributed by atoms with Crippen molar-refractivity contribution in [2.45, 2.75) is 13.3 Å². The number of pyridine rings is 1. The van der Waals surface area contributed by atoms with Crippen LogP contribution >= 0.6 is 0 Å². The minimum absolute atomic E-state index is 0.104. The Morgan fingerprint density at radius 3 is 2.85 bits per heavy atom. The van der Waals surface area contributed by atoms with Crippen LogP contribution in [0, 0.1) is 22.4 Å². The first kappa shape index (κ1) is 13.7. The Morgan fingerprint density at radius 1 is 1.40 bits per heavy atom. The maximum atomic E-state index is 10.7. The third-order valence-electron chi connectivity index (χ3n) is 2.99. The first-order chi connectivity index (χ1) is 9.60. The smallest absolute Gasteiger partial charge is 0.269 e. The van der Waals surface area contributed by atoms with Gasteiger partial charge in [0.15, 0.2) is 0 Å². The van der Waals surface area contributed by atoms with Crippen LogP contribution < -0.4 is 5.49 Å². The van der Waals surface area contributed by atoms with Gasteiger partial charge in [-0.1, -0.05) is 6.07 Å². The molecule has 2 aromatic rings. The van der Waals surface area contributed by atoms with Crippen molar-refractivity contribution in [2.75, 3.05) is 0 Å². The number of non-ortho nitro benzene ring substituents is 1. The highest BCUT2D eigenvalue weighted by Gasteiger charge is 2.08. The monoisotopic (exact) mass is 270 g/mol. The summed E-state index contributed by atoms with van der Waals surface area (Å²) in [5, 5.41) is 17.7. The zero-order valence-corrected chi connectivity index (χ0v) is 11.0. The molecule has 0 radical (unpaired) electrons. The summed E-state index contributed by atoms with van der Waals surface area (Å²) in [5.41, 5.74) is 3.66. The Labute approximate surface area is 115 Å². The zero-order valence-electron chi connectivity index (χ0n) is 11.0. The van der Waals surface area contributed by atoms with Crippen LogP contribution in [0.2, 0.25) is 0 Å². The number of rotatable bonds is 4. The fourth-order valence-corrected chi connectivity index (χ4v) is 1.97. The van der Waals surface area contributed by atoms with E-state index in [0.717, 1.165) is 23.0 Å². The van der Waals surface area contributed by atoms with Crippen LogP contribution in [-0.4, -0.2) is 16.2 Å². The predicted octanol–water partition coefficient (Wildman–Crippen LogP) is 2.33. The number of nitrogens with zero attached hydrogens (tertiary/aromatic N) is 2. The van der Waals surface area contributed by atoms with Crippen molar-refractivity contribution in [1.29, 1.82) is 5.41 Å². The van der Waals surface area contributed by atoms with E-state index in [4.69, 9.17) is 5.41 Å². The van der Waals surface area contributed by atoms with Gasteiger partial charge in [0, 0.05) is 18.3 Å². The Hall–Kier alpha value is -2.76. The highest BCUT2D eigenvalue weighted by atomic mass is 16.6. The maximum Gasteiger partial charge on any atom is 0.269 e. The van der Waals surface area contributed by atoms with Gasteiger partial charge >= 0.3 is 0 Å². The van der Waals surface area contributed by atoms with Crippen LogP contribution in [0.5, 0.6) is 0 Å². The minimum Gasteiger partial charge on any atom is -0.347 e. The van der Waals surface area contributed by atoms with Crippen molar-refractivity contribution in [3.8, 4) is 0 Å². The number of nitrogens with one attached hydrogen (secondary N) is 2. The second kappa shape index (κ2) is 5.92. The van der Waals surface area contributed by atoms with Gasteiger partial charge in [-0.2, -0.15) is 0 Å². The molecule has 0 unspecified atom stereocenters. The van der Waals surface area contributed by atoms with E-state index in [1.54, 1.807) is 18.3 Å². The molecule has 20 heavy (non-hydrogen) atoms. The summed E-state index contributed by atoms with van der Waals surface area (Å²) in [6, 6.07) is 8.64. The lowest BCUT2D eigenvalue weighted by atomic mass is 10.0. The molecule has 2 rings (SSSR count). The third-order valence-corrected chi connectivity index (χ3v) is 2.99. The van der Waals surface area contributed by atoms with Crippen LogP contribution in [0.25, 0.3) is 0 Å². The standard InChI is InChI=1S/C14H14N4O2/c1-10-6-13(18(19)20)3-2-12(10)7-11-4-5-16-14(8-11)17-9-15/h2-6,8-9H,7H2,1H3,(H2,15,16,17). The van der Waals surface area contributed by atoms with E-state index in [-0.39, 0.29) is 5.69 Å². The molecule has 0 bridgehead atoms. The number of H-pyrrole nitrogens is 1. The van der Waals surface area contributed by atoms with E-state index < -0.39 is 4.92 Å². The second-order valence-corrected chi connectivity index (χ2v) is 4.39. The third kappa shape index (κ3) is 3.17. The molecule has 0 saturated heterocycles. The molecule has 0 saturated carbocycles. The van der Waals surface area contributed by atoms with E-state index in [9.17, 15) is 10.1 Å². The molecule has 0 atom stereocenters. The van der Waals surface area contributed by atoms with Gasteiger partial charge in [-0.15, -0.1) is 0 Å². The Morgan fingerprint density at radius 2 is 2.20 bits per heavy atom. The van der Waals surface area contributed by atoms with Gasteiger partial charge in [0.1, 0.15) is 11.8 Å². The number of hydrogen-bond acceptors (Lipinski definition) is 3. The number of nitro benzene ring substituents is 1. The van der Waals surface area contributed by atoms with Crippen LogP contribution in [0.3, 0.4) is 0 Å². The quantitative estimate of drug-likeness (QED) is 0.386. The average molecular weight is 270 g/mol. The van der Waals surface area contributed by atoms with Gasteiger partial charge in [-0.3, -0.25) is 15.5 Å². The molecule has 1 heterocycles. The molecule has 0 aliphatic carbocycles. The summed E-state index contributed by atoms with van der Waals surface area (Å²) in [6.45, 7) is 1.86. The molecular formula is C14H14N4O2. The summed E-state index contributed by atoms with van der Waals surface area (Å²) in [6.07, 6.45) is 3.41. The second-order valence-electron chi connectivity index (χ2n) is 4.39. The molecule has 2 N–H and O–H groups in total. The van der Waals surface area contributed by atoms with Gasteiger partial charge in [0.05, 0.1) is 4.92 Å². The summed E-state index contributed by atoms with van der Waals surface area (Å²) < 4.78 is 0. The fourth-order valence-electron chi connectivity index (χ4n) is 1.97. The van der Waals surface area contributed by atoms with E-state index in [1.807, 2.05) is 19.1 Å². The molecule has 6 heteroatoms. The lowest BCUT2D eigenvalue weighted by Crippen LogP contribution is -2.08. The molecule has 0 fully saturated rings. The highest BCUT2D eigenvalue weighted by Crippen LogP contribution is 2.19. The molecule has 0 spiro atoms. The number of nitro groups is 1. The first-order valence-electron chi connectivity index (χ1n) is 6.04. The van der Waals surface area contributed by atoms with Gasteiger partial charge in [-0.25, -0.2) is 4.99 Å². The number of benzene rings is 1. The van der Waals surface area contributed by atoms with E-state index in [0.29, 0.717) is 11.9 Å². The number of hydrogen-bond donors (Lipinski definition) is 2. The molecule has 102 valence electrons. The van der Waals surface area contributed by atoms with E-state index in [1.165, 1.54) is 6.07 Å². The van der Waals surface area contributed by atoms with Gasteiger partial charge < -0.3 is 4.98 Å². The zero-order chi connectivity index (χ0) is 14.5. The molecule has 1 aromatic heterocycles. The van der Waals surface area contributed by atoms with Gasteiger partial charge in [0.25, 0.3) is 5.69 Å². The summed E-state index contributed by atoms with van der Waals surface area (Å²) in [7, 11) is 0. The lowest BCUT2D eigenvalue weighted by Gasteiger charge is -2.05. The minimum atomic E-state index is -0.394. The predicted molar refractivity (Wildman–Crippen MR) is 75.8 cm³/mol. The van der Waals surface area contributed by atoms with Crippen molar-refractivity contribution >= 4 is 12.0 Å². The van der Waals surface area contributed by atoms with Crippen LogP contribution in [0.15, 0.2) is 41.5 Å². The van der Waals surface area contributed by atoms with Crippen molar-refractivity contribution in [3.05, 3.63) is 68.8 Å². The maximum absolute atomic E-state index is 10.7. The number of aromatic amines is 1. The summed E-state index contributed by atoms with van der Waals surface area (Å²) in [4.78, 5) is 17.1. The normalized spacial score (nSPS) is 11.3. The molecular weight excluding hydrogens is 256 g/mol. The number of aromatic nitrogens is 1. The van der Waals surface area contributed by atoms with E-state index >= 15 is 0 Å². The Kier molecular flexibility index (Phi) is 4.05. The SMILES string of the molecule is Cc1cc([N+](=O)[O-])ccc1Cc1cc[nH]/c(=N\C=N)c1. The van der Waals surface area contributed by atoms with Crippen molar-refractivity contribution < 1.29 is 4.92 Å². The molecule has 6 nitrogen and oxygen atoms in total. The van der Waals surface area contributed by atoms with Crippen LogP contribution in [-0.2, 0) is 6.42 Å². The van der Waals surface area contributed by atoms with Crippen molar-refractivity contribution in [2.24, 2.45) is 4.99 Å². The van der Waals surface area contributed by atoms with Crippen molar-refractivity contribution in [3.63, 3.8) is 0 Å². The Balaban J connectivity index is 2.30. The largest absolute Gasteiger partial charge is 0.347 e. The Bertz CT molecular complexity index is 719. The summed E-state index contributed by atoms with van der Waals surface area (Å²) in [5.74, 6) is 0. The topological polar surface area (TPSA) is 95.1 Å². The fraction of sp³-hybridized carbons (Fsp3) is 0.143. The van der Waals surface area contributed by atoms with Crippen LogP contribution in [0.1, 0.15) is 16.7 Å². The highest BCUT2D eigenvalue weighted by molar-refractivity contribution is 5.50. The van der Waals surface area contributed by atoms with Gasteiger partial charge in [-0.05, 0) is 42.2 Å². The molecule has 0 aliphatic heterocycles. The average Bonchev–Trinajstić information content (AvgIpc) is 2.42. The number of aryl methyl sites for hydroxylation is 1. The summed E-state index contributed by atoms with van der Waals surface area (Å²) >= 11 is 0. The lowest BCUT2D eigenvalue weighted by molar-refractivity contribution is -0.384. The van der Waals surface area contributed by atoms with Gasteiger partial charge in [0.2, 0.25) is 0 Å². The van der Waals surface area contributed by atoms with E-state index in [2.05, 4.69) is 9.98 Å². The molecule has 0 amide bonds. The van der Waals surface area contributed by atoms with Crippen molar-refractivity contribution in [1.82, 2.24) is 4.98 Å².